The van der Waals surface area contributed by atoms with Gasteiger partial charge in [-0.05, 0) is 18.2 Å². The zero-order valence-corrected chi connectivity index (χ0v) is 10.3. The number of aromatic hydroxyl groups is 1. The van der Waals surface area contributed by atoms with E-state index in [1.165, 1.54) is 31.4 Å². The standard InChI is InChI=1S/C13H10F3NO3/c1-19-10-6-11(18)17-12(7-10)20-9-4-2-3-8(5-9)13(14,15)16/h2-7H,1H3,(H,17,18). The third kappa shape index (κ3) is 3.31. The summed E-state index contributed by atoms with van der Waals surface area (Å²) in [5.74, 6) is -0.188. The molecular formula is C13H10F3NO3. The van der Waals surface area contributed by atoms with Crippen molar-refractivity contribution in [2.24, 2.45) is 0 Å². The quantitative estimate of drug-likeness (QED) is 0.936. The Balaban J connectivity index is 2.28. The van der Waals surface area contributed by atoms with E-state index in [4.69, 9.17) is 9.47 Å². The minimum Gasteiger partial charge on any atom is -0.496 e. The summed E-state index contributed by atoms with van der Waals surface area (Å²) in [6.45, 7) is 0. The number of alkyl halides is 3. The molecule has 1 N–H and O–H groups in total. The van der Waals surface area contributed by atoms with Crippen LogP contribution in [-0.2, 0) is 6.18 Å². The fraction of sp³-hybridized carbons (Fsp3) is 0.154. The lowest BCUT2D eigenvalue weighted by Gasteiger charge is -2.10. The highest BCUT2D eigenvalue weighted by Gasteiger charge is 2.30. The van der Waals surface area contributed by atoms with Gasteiger partial charge in [-0.1, -0.05) is 6.07 Å². The van der Waals surface area contributed by atoms with E-state index in [9.17, 15) is 18.3 Å². The number of aromatic nitrogens is 1. The van der Waals surface area contributed by atoms with E-state index < -0.39 is 11.7 Å². The Morgan fingerprint density at radius 2 is 1.85 bits per heavy atom. The summed E-state index contributed by atoms with van der Waals surface area (Å²) in [6, 6.07) is 6.95. The molecule has 0 atom stereocenters. The smallest absolute Gasteiger partial charge is 0.416 e. The molecule has 0 amide bonds. The summed E-state index contributed by atoms with van der Waals surface area (Å²) in [7, 11) is 1.38. The summed E-state index contributed by atoms with van der Waals surface area (Å²) in [5, 5.41) is 9.34. The van der Waals surface area contributed by atoms with Crippen LogP contribution in [0.1, 0.15) is 5.56 Å². The zero-order valence-electron chi connectivity index (χ0n) is 10.3. The average Bonchev–Trinajstić information content (AvgIpc) is 2.37. The Hall–Kier alpha value is -2.44. The molecule has 0 spiro atoms. The van der Waals surface area contributed by atoms with Crippen molar-refractivity contribution in [1.82, 2.24) is 4.98 Å². The van der Waals surface area contributed by atoms with Crippen molar-refractivity contribution in [2.75, 3.05) is 7.11 Å². The number of ether oxygens (including phenoxy) is 2. The minimum absolute atomic E-state index is 0.0417. The van der Waals surface area contributed by atoms with E-state index >= 15 is 0 Å². The number of hydrogen-bond acceptors (Lipinski definition) is 4. The fourth-order valence-corrected chi connectivity index (χ4v) is 1.49. The van der Waals surface area contributed by atoms with E-state index in [0.29, 0.717) is 0 Å². The maximum absolute atomic E-state index is 12.6. The van der Waals surface area contributed by atoms with Crippen LogP contribution in [0, 0.1) is 0 Å². The van der Waals surface area contributed by atoms with Crippen molar-refractivity contribution >= 4 is 0 Å². The Bertz CT molecular complexity index is 614. The lowest BCUT2D eigenvalue weighted by atomic mass is 10.2. The van der Waals surface area contributed by atoms with Gasteiger partial charge in [-0.25, -0.2) is 0 Å². The van der Waals surface area contributed by atoms with E-state index in [0.717, 1.165) is 12.1 Å². The molecule has 0 saturated carbocycles. The number of halogens is 3. The SMILES string of the molecule is COc1cc(O)nc(Oc2cccc(C(F)(F)F)c2)c1. The molecule has 4 nitrogen and oxygen atoms in total. The normalized spacial score (nSPS) is 11.2. The van der Waals surface area contributed by atoms with E-state index in [-0.39, 0.29) is 23.3 Å². The van der Waals surface area contributed by atoms with Gasteiger partial charge < -0.3 is 14.6 Å². The second-order valence-electron chi connectivity index (χ2n) is 3.83. The summed E-state index contributed by atoms with van der Waals surface area (Å²) in [4.78, 5) is 3.64. The summed E-state index contributed by atoms with van der Waals surface area (Å²) in [6.07, 6.45) is -4.46. The number of rotatable bonds is 3. The molecule has 106 valence electrons. The van der Waals surface area contributed by atoms with Gasteiger partial charge in [0.25, 0.3) is 0 Å². The highest BCUT2D eigenvalue weighted by molar-refractivity contribution is 5.37. The number of nitrogens with zero attached hydrogens (tertiary/aromatic N) is 1. The van der Waals surface area contributed by atoms with Gasteiger partial charge in [0.2, 0.25) is 11.8 Å². The number of pyridine rings is 1. The summed E-state index contributed by atoms with van der Waals surface area (Å²) < 4.78 is 47.8. The Kier molecular flexibility index (Phi) is 3.69. The molecule has 0 bridgehead atoms. The lowest BCUT2D eigenvalue weighted by molar-refractivity contribution is -0.137. The van der Waals surface area contributed by atoms with Gasteiger partial charge in [-0.2, -0.15) is 18.2 Å². The first kappa shape index (κ1) is 14.0. The van der Waals surface area contributed by atoms with Crippen LogP contribution in [-0.4, -0.2) is 17.2 Å². The third-order valence-electron chi connectivity index (χ3n) is 2.38. The highest BCUT2D eigenvalue weighted by atomic mass is 19.4. The largest absolute Gasteiger partial charge is 0.496 e. The van der Waals surface area contributed by atoms with E-state index in [1.807, 2.05) is 0 Å². The van der Waals surface area contributed by atoms with Crippen LogP contribution in [0.5, 0.6) is 23.3 Å². The molecule has 1 aromatic heterocycles. The van der Waals surface area contributed by atoms with E-state index in [1.54, 1.807) is 0 Å². The first-order valence-electron chi connectivity index (χ1n) is 5.48. The summed E-state index contributed by atoms with van der Waals surface area (Å²) >= 11 is 0. The molecule has 2 aromatic rings. The molecular weight excluding hydrogens is 275 g/mol. The number of methoxy groups -OCH3 is 1. The van der Waals surface area contributed by atoms with Crippen molar-refractivity contribution in [1.29, 1.82) is 0 Å². The van der Waals surface area contributed by atoms with Gasteiger partial charge >= 0.3 is 6.18 Å². The maximum atomic E-state index is 12.6. The molecule has 7 heteroatoms. The predicted octanol–water partition coefficient (Wildman–Crippen LogP) is 3.61. The molecule has 1 heterocycles. The maximum Gasteiger partial charge on any atom is 0.416 e. The van der Waals surface area contributed by atoms with Crippen molar-refractivity contribution in [3.63, 3.8) is 0 Å². The van der Waals surface area contributed by atoms with Crippen LogP contribution in [0.2, 0.25) is 0 Å². The topological polar surface area (TPSA) is 51.6 Å². The van der Waals surface area contributed by atoms with Gasteiger partial charge in [0.1, 0.15) is 11.5 Å². The van der Waals surface area contributed by atoms with Crippen molar-refractivity contribution in [3.05, 3.63) is 42.0 Å². The molecule has 2 rings (SSSR count). The molecule has 0 unspecified atom stereocenters. The molecule has 0 aliphatic carbocycles. The van der Waals surface area contributed by atoms with Crippen LogP contribution in [0.25, 0.3) is 0 Å². The molecule has 0 radical (unpaired) electrons. The minimum atomic E-state index is -4.46. The average molecular weight is 285 g/mol. The Morgan fingerprint density at radius 3 is 2.50 bits per heavy atom. The van der Waals surface area contributed by atoms with Crippen molar-refractivity contribution in [2.45, 2.75) is 6.18 Å². The van der Waals surface area contributed by atoms with Crippen LogP contribution in [0.3, 0.4) is 0 Å². The predicted molar refractivity (Wildman–Crippen MR) is 64.0 cm³/mol. The monoisotopic (exact) mass is 285 g/mol. The Morgan fingerprint density at radius 1 is 1.10 bits per heavy atom. The van der Waals surface area contributed by atoms with Crippen molar-refractivity contribution in [3.8, 4) is 23.3 Å². The molecule has 0 saturated heterocycles. The first-order valence-corrected chi connectivity index (χ1v) is 5.48. The molecule has 0 aliphatic rings. The van der Waals surface area contributed by atoms with Gasteiger partial charge in [-0.3, -0.25) is 0 Å². The number of hydrogen-bond donors (Lipinski definition) is 1. The second-order valence-corrected chi connectivity index (χ2v) is 3.83. The van der Waals surface area contributed by atoms with Crippen LogP contribution in [0.15, 0.2) is 36.4 Å². The second kappa shape index (κ2) is 5.28. The fourth-order valence-electron chi connectivity index (χ4n) is 1.49. The van der Waals surface area contributed by atoms with E-state index in [2.05, 4.69) is 4.98 Å². The first-order chi connectivity index (χ1) is 9.38. The molecule has 1 aromatic carbocycles. The van der Waals surface area contributed by atoms with Crippen LogP contribution < -0.4 is 9.47 Å². The van der Waals surface area contributed by atoms with Gasteiger partial charge in [0.15, 0.2) is 0 Å². The molecule has 0 aliphatic heterocycles. The van der Waals surface area contributed by atoms with Crippen molar-refractivity contribution < 1.29 is 27.8 Å². The Labute approximate surface area is 112 Å². The van der Waals surface area contributed by atoms with Gasteiger partial charge in [-0.15, -0.1) is 0 Å². The molecule has 0 fully saturated rings. The third-order valence-corrected chi connectivity index (χ3v) is 2.38. The van der Waals surface area contributed by atoms with Crippen LogP contribution in [0.4, 0.5) is 13.2 Å². The van der Waals surface area contributed by atoms with Gasteiger partial charge in [0, 0.05) is 12.1 Å². The number of benzene rings is 1. The zero-order chi connectivity index (χ0) is 14.8. The lowest BCUT2D eigenvalue weighted by Crippen LogP contribution is -2.04. The summed E-state index contributed by atoms with van der Waals surface area (Å²) in [5.41, 5.74) is -0.831. The van der Waals surface area contributed by atoms with Gasteiger partial charge in [0.05, 0.1) is 12.7 Å². The van der Waals surface area contributed by atoms with Crippen LogP contribution >= 0.6 is 0 Å². The highest BCUT2D eigenvalue weighted by Crippen LogP contribution is 2.33. The molecule has 20 heavy (non-hydrogen) atoms.